The van der Waals surface area contributed by atoms with Gasteiger partial charge in [0.2, 0.25) is 5.91 Å². The molecule has 2 aromatic rings. The van der Waals surface area contributed by atoms with Crippen molar-refractivity contribution in [3.8, 4) is 0 Å². The Hall–Kier alpha value is -2.74. The molecule has 1 amide bonds. The lowest BCUT2D eigenvalue weighted by molar-refractivity contribution is -0.120. The molecule has 0 fully saturated rings. The summed E-state index contributed by atoms with van der Waals surface area (Å²) in [6.07, 6.45) is 1.10. The van der Waals surface area contributed by atoms with E-state index in [1.165, 1.54) is 6.21 Å². The van der Waals surface area contributed by atoms with Crippen LogP contribution in [-0.2, 0) is 11.2 Å². The minimum absolute atomic E-state index is 0.106. The van der Waals surface area contributed by atoms with Gasteiger partial charge in [0, 0.05) is 5.02 Å². The molecule has 0 spiro atoms. The van der Waals surface area contributed by atoms with Gasteiger partial charge in [-0.1, -0.05) is 23.7 Å². The molecule has 0 aliphatic heterocycles. The fourth-order valence-electron chi connectivity index (χ4n) is 1.45. The molecular formula is C12H10ClN5O3. The third-order valence-electron chi connectivity index (χ3n) is 2.36. The number of hydrogen-bond acceptors (Lipinski definition) is 5. The van der Waals surface area contributed by atoms with Gasteiger partial charge in [-0.2, -0.15) is 10.2 Å². The molecule has 0 aliphatic carbocycles. The van der Waals surface area contributed by atoms with Gasteiger partial charge < -0.3 is 0 Å². The summed E-state index contributed by atoms with van der Waals surface area (Å²) in [5, 5.41) is 9.81. The summed E-state index contributed by atoms with van der Waals surface area (Å²) in [6, 6.07) is 6.89. The van der Waals surface area contributed by atoms with E-state index in [9.17, 15) is 14.4 Å². The predicted octanol–water partition coefficient (Wildman–Crippen LogP) is -0.196. The van der Waals surface area contributed by atoms with Crippen LogP contribution in [0.4, 0.5) is 0 Å². The van der Waals surface area contributed by atoms with Gasteiger partial charge in [0.1, 0.15) is 5.69 Å². The van der Waals surface area contributed by atoms with Crippen LogP contribution in [0.25, 0.3) is 0 Å². The summed E-state index contributed by atoms with van der Waals surface area (Å²) in [4.78, 5) is 35.7. The fraction of sp³-hybridized carbons (Fsp3) is 0.0833. The van der Waals surface area contributed by atoms with Gasteiger partial charge in [-0.25, -0.2) is 15.3 Å². The van der Waals surface area contributed by atoms with E-state index in [1.54, 1.807) is 24.3 Å². The second-order valence-corrected chi connectivity index (χ2v) is 4.41. The van der Waals surface area contributed by atoms with E-state index >= 15 is 0 Å². The van der Waals surface area contributed by atoms with E-state index < -0.39 is 17.2 Å². The number of halogens is 1. The number of benzene rings is 1. The molecule has 1 aromatic heterocycles. The largest absolute Gasteiger partial charge is 0.342 e. The second kappa shape index (κ2) is 6.62. The van der Waals surface area contributed by atoms with Crippen LogP contribution in [-0.4, -0.2) is 27.3 Å². The summed E-state index contributed by atoms with van der Waals surface area (Å²) >= 11 is 5.80. The van der Waals surface area contributed by atoms with Crippen molar-refractivity contribution in [1.29, 1.82) is 0 Å². The van der Waals surface area contributed by atoms with Crippen LogP contribution in [0.1, 0.15) is 11.3 Å². The maximum atomic E-state index is 11.6. The topological polar surface area (TPSA) is 120 Å². The van der Waals surface area contributed by atoms with Gasteiger partial charge in [0.25, 0.3) is 5.56 Å². The number of hydrogen-bond donors (Lipinski definition) is 3. The maximum Gasteiger partial charge on any atom is 0.342 e. The highest BCUT2D eigenvalue weighted by molar-refractivity contribution is 6.30. The zero-order valence-electron chi connectivity index (χ0n) is 10.6. The van der Waals surface area contributed by atoms with Crippen LogP contribution in [0.15, 0.2) is 39.0 Å². The minimum Gasteiger partial charge on any atom is -0.273 e. The number of hydrazone groups is 1. The number of amides is 1. The van der Waals surface area contributed by atoms with Crippen molar-refractivity contribution in [2.45, 2.75) is 6.42 Å². The standard InChI is InChI=1S/C12H10ClN5O3/c13-8-3-1-2-7(4-8)6-14-17-10(19)5-9-11(20)15-12(21)18-16-9/h1-4,6H,5H2,(H,17,19)(H2,15,18,20,21). The minimum atomic E-state index is -0.733. The number of nitrogens with zero attached hydrogens (tertiary/aromatic N) is 2. The molecule has 108 valence electrons. The number of H-pyrrole nitrogens is 2. The second-order valence-electron chi connectivity index (χ2n) is 3.98. The van der Waals surface area contributed by atoms with Crippen LogP contribution < -0.4 is 16.7 Å². The van der Waals surface area contributed by atoms with Crippen LogP contribution in [0, 0.1) is 0 Å². The first-order chi connectivity index (χ1) is 10.0. The predicted molar refractivity (Wildman–Crippen MR) is 76.4 cm³/mol. The molecule has 0 unspecified atom stereocenters. The van der Waals surface area contributed by atoms with Crippen LogP contribution >= 0.6 is 11.6 Å². The number of rotatable bonds is 4. The molecule has 0 atom stereocenters. The number of carbonyl (C=O) groups excluding carboxylic acids is 1. The van der Waals surface area contributed by atoms with Gasteiger partial charge in [-0.05, 0) is 17.7 Å². The van der Waals surface area contributed by atoms with Gasteiger partial charge in [0.15, 0.2) is 0 Å². The monoisotopic (exact) mass is 307 g/mol. The van der Waals surface area contributed by atoms with Crippen LogP contribution in [0.2, 0.25) is 5.02 Å². The molecule has 2 rings (SSSR count). The summed E-state index contributed by atoms with van der Waals surface area (Å²) in [5.41, 5.74) is 1.40. The zero-order chi connectivity index (χ0) is 15.2. The van der Waals surface area contributed by atoms with Crippen molar-refractivity contribution in [3.63, 3.8) is 0 Å². The average Bonchev–Trinajstić information content (AvgIpc) is 2.42. The molecule has 0 radical (unpaired) electrons. The van der Waals surface area contributed by atoms with E-state index in [-0.39, 0.29) is 12.1 Å². The SMILES string of the molecule is O=C(Cc1n[nH]c(=O)[nH]c1=O)NN=Cc1cccc(Cl)c1. The molecule has 9 heteroatoms. The van der Waals surface area contributed by atoms with Gasteiger partial charge >= 0.3 is 5.69 Å². The third-order valence-corrected chi connectivity index (χ3v) is 2.60. The first kappa shape index (κ1) is 14.7. The Labute approximate surface area is 122 Å². The highest BCUT2D eigenvalue weighted by Gasteiger charge is 2.08. The first-order valence-electron chi connectivity index (χ1n) is 5.80. The third kappa shape index (κ3) is 4.39. The Morgan fingerprint density at radius 2 is 2.24 bits per heavy atom. The van der Waals surface area contributed by atoms with Crippen molar-refractivity contribution in [1.82, 2.24) is 20.6 Å². The Morgan fingerprint density at radius 1 is 1.43 bits per heavy atom. The van der Waals surface area contributed by atoms with E-state index in [0.717, 1.165) is 0 Å². The summed E-state index contributed by atoms with van der Waals surface area (Å²) < 4.78 is 0. The molecule has 21 heavy (non-hydrogen) atoms. The number of carbonyl (C=O) groups is 1. The normalized spacial score (nSPS) is 10.7. The lowest BCUT2D eigenvalue weighted by atomic mass is 10.2. The van der Waals surface area contributed by atoms with Crippen molar-refractivity contribution in [3.05, 3.63) is 61.4 Å². The van der Waals surface area contributed by atoms with Crippen molar-refractivity contribution >= 4 is 23.7 Å². The van der Waals surface area contributed by atoms with E-state index in [2.05, 4.69) is 15.6 Å². The number of nitrogens with one attached hydrogen (secondary N) is 3. The Balaban J connectivity index is 1.96. The summed E-state index contributed by atoms with van der Waals surface area (Å²) in [6.45, 7) is 0. The molecule has 0 aliphatic rings. The van der Waals surface area contributed by atoms with Gasteiger partial charge in [-0.3, -0.25) is 14.6 Å². The highest BCUT2D eigenvalue weighted by atomic mass is 35.5. The maximum absolute atomic E-state index is 11.6. The van der Waals surface area contributed by atoms with Crippen LogP contribution in [0.5, 0.6) is 0 Å². The molecule has 8 nitrogen and oxygen atoms in total. The lowest BCUT2D eigenvalue weighted by Crippen LogP contribution is -2.31. The average molecular weight is 308 g/mol. The fourth-order valence-corrected chi connectivity index (χ4v) is 1.65. The molecule has 1 aromatic carbocycles. The lowest BCUT2D eigenvalue weighted by Gasteiger charge is -1.98. The smallest absolute Gasteiger partial charge is 0.273 e. The Bertz CT molecular complexity index is 796. The van der Waals surface area contributed by atoms with Crippen LogP contribution in [0.3, 0.4) is 0 Å². The molecule has 1 heterocycles. The number of aromatic nitrogens is 3. The number of aromatic amines is 2. The Kier molecular flexibility index (Phi) is 4.62. The molecular weight excluding hydrogens is 298 g/mol. The van der Waals surface area contributed by atoms with E-state index in [4.69, 9.17) is 11.6 Å². The molecule has 0 saturated carbocycles. The first-order valence-corrected chi connectivity index (χ1v) is 6.18. The zero-order valence-corrected chi connectivity index (χ0v) is 11.3. The quantitative estimate of drug-likeness (QED) is 0.535. The van der Waals surface area contributed by atoms with E-state index in [1.807, 2.05) is 10.1 Å². The highest BCUT2D eigenvalue weighted by Crippen LogP contribution is 2.08. The van der Waals surface area contributed by atoms with Gasteiger partial charge in [0.05, 0.1) is 12.6 Å². The van der Waals surface area contributed by atoms with Crippen molar-refractivity contribution < 1.29 is 4.79 Å². The molecule has 0 saturated heterocycles. The van der Waals surface area contributed by atoms with Crippen molar-refractivity contribution in [2.75, 3.05) is 0 Å². The van der Waals surface area contributed by atoms with E-state index in [0.29, 0.717) is 10.6 Å². The molecule has 0 bridgehead atoms. The summed E-state index contributed by atoms with van der Waals surface area (Å²) in [7, 11) is 0. The van der Waals surface area contributed by atoms with Crippen molar-refractivity contribution in [2.24, 2.45) is 5.10 Å². The summed E-state index contributed by atoms with van der Waals surface area (Å²) in [5.74, 6) is -0.543. The Morgan fingerprint density at radius 3 is 2.95 bits per heavy atom. The van der Waals surface area contributed by atoms with Gasteiger partial charge in [-0.15, -0.1) is 0 Å². The molecule has 3 N–H and O–H groups in total.